The summed E-state index contributed by atoms with van der Waals surface area (Å²) in [5.74, 6) is -0.0227. The van der Waals surface area contributed by atoms with Crippen LogP contribution in [0.3, 0.4) is 0 Å². The van der Waals surface area contributed by atoms with Crippen LogP contribution in [-0.2, 0) is 11.2 Å². The van der Waals surface area contributed by atoms with Crippen molar-refractivity contribution in [1.82, 2.24) is 5.32 Å². The van der Waals surface area contributed by atoms with Crippen molar-refractivity contribution in [3.8, 4) is 0 Å². The Bertz CT molecular complexity index is 372. The zero-order chi connectivity index (χ0) is 11.5. The highest BCUT2D eigenvalue weighted by Gasteiger charge is 2.32. The third-order valence-corrected chi connectivity index (χ3v) is 3.40. The van der Waals surface area contributed by atoms with E-state index in [4.69, 9.17) is 5.73 Å². The van der Waals surface area contributed by atoms with E-state index in [-0.39, 0.29) is 17.7 Å². The van der Waals surface area contributed by atoms with Gasteiger partial charge in [-0.25, -0.2) is 0 Å². The van der Waals surface area contributed by atoms with Gasteiger partial charge < -0.3 is 11.1 Å². The normalized spacial score (nSPS) is 24.6. The largest absolute Gasteiger partial charge is 0.369 e. The fraction of sp³-hybridized carbons (Fsp3) is 0.462. The number of aryl methyl sites for hydroxylation is 1. The van der Waals surface area contributed by atoms with Gasteiger partial charge in [-0.3, -0.25) is 4.79 Å². The molecule has 1 heterocycles. The first-order chi connectivity index (χ1) is 7.72. The highest BCUT2D eigenvalue weighted by molar-refractivity contribution is 5.78. The molecule has 0 aromatic heterocycles. The van der Waals surface area contributed by atoms with Crippen molar-refractivity contribution in [3.63, 3.8) is 0 Å². The van der Waals surface area contributed by atoms with Gasteiger partial charge in [0.15, 0.2) is 0 Å². The Morgan fingerprint density at radius 1 is 1.38 bits per heavy atom. The molecule has 0 radical (unpaired) electrons. The van der Waals surface area contributed by atoms with Gasteiger partial charge in [-0.05, 0) is 17.5 Å². The second-order valence-electron chi connectivity index (χ2n) is 4.37. The first-order valence-electron chi connectivity index (χ1n) is 5.81. The molecule has 1 saturated heterocycles. The quantitative estimate of drug-likeness (QED) is 0.796. The van der Waals surface area contributed by atoms with Gasteiger partial charge in [0, 0.05) is 19.0 Å². The summed E-state index contributed by atoms with van der Waals surface area (Å²) >= 11 is 0. The smallest absolute Gasteiger partial charge is 0.222 e. The molecular weight excluding hydrogens is 200 g/mol. The lowest BCUT2D eigenvalue weighted by Gasteiger charge is -2.16. The van der Waals surface area contributed by atoms with Gasteiger partial charge in [0.1, 0.15) is 0 Å². The monoisotopic (exact) mass is 218 g/mol. The molecule has 0 bridgehead atoms. The minimum Gasteiger partial charge on any atom is -0.369 e. The maximum Gasteiger partial charge on any atom is 0.222 e. The minimum absolute atomic E-state index is 0.0625. The average molecular weight is 218 g/mol. The molecule has 2 atom stereocenters. The number of rotatable bonds is 3. The number of primary amides is 1. The first kappa shape index (κ1) is 11.1. The Hall–Kier alpha value is -1.35. The number of nitrogens with one attached hydrogen (secondary N) is 1. The van der Waals surface area contributed by atoms with Crippen molar-refractivity contribution in [3.05, 3.63) is 35.4 Å². The lowest BCUT2D eigenvalue weighted by atomic mass is 9.88. The van der Waals surface area contributed by atoms with Gasteiger partial charge in [0.2, 0.25) is 5.91 Å². The van der Waals surface area contributed by atoms with Crippen molar-refractivity contribution < 1.29 is 4.79 Å². The van der Waals surface area contributed by atoms with Gasteiger partial charge in [-0.2, -0.15) is 0 Å². The molecule has 2 rings (SSSR count). The van der Waals surface area contributed by atoms with Gasteiger partial charge in [0.25, 0.3) is 0 Å². The fourth-order valence-electron chi connectivity index (χ4n) is 2.33. The fourth-order valence-corrected chi connectivity index (χ4v) is 2.33. The van der Waals surface area contributed by atoms with E-state index in [1.165, 1.54) is 11.1 Å². The molecule has 0 aliphatic carbocycles. The lowest BCUT2D eigenvalue weighted by Crippen LogP contribution is -2.28. The second-order valence-corrected chi connectivity index (χ2v) is 4.37. The minimum atomic E-state index is -0.199. The zero-order valence-electron chi connectivity index (χ0n) is 9.57. The van der Waals surface area contributed by atoms with Crippen molar-refractivity contribution in [2.24, 2.45) is 11.7 Å². The summed E-state index contributed by atoms with van der Waals surface area (Å²) < 4.78 is 0. The maximum absolute atomic E-state index is 11.3. The van der Waals surface area contributed by atoms with Gasteiger partial charge in [-0.15, -0.1) is 0 Å². The molecule has 1 aliphatic heterocycles. The van der Waals surface area contributed by atoms with Crippen LogP contribution in [0.2, 0.25) is 0 Å². The van der Waals surface area contributed by atoms with Crippen LogP contribution in [0.5, 0.6) is 0 Å². The van der Waals surface area contributed by atoms with E-state index in [0.29, 0.717) is 6.54 Å². The highest BCUT2D eigenvalue weighted by atomic mass is 16.1. The number of hydrogen-bond acceptors (Lipinski definition) is 2. The summed E-state index contributed by atoms with van der Waals surface area (Å²) in [7, 11) is 0. The standard InChI is InChI=1S/C13H18N2O/c1-2-9-3-5-10(6-4-9)11-7-15-8-12(11)13(14)16/h3-6,11-12,15H,2,7-8H2,1H3,(H2,14,16). The van der Waals surface area contributed by atoms with E-state index < -0.39 is 0 Å². The molecule has 86 valence electrons. The van der Waals surface area contributed by atoms with Crippen molar-refractivity contribution in [1.29, 1.82) is 0 Å². The third kappa shape index (κ3) is 2.09. The van der Waals surface area contributed by atoms with Crippen molar-refractivity contribution in [2.45, 2.75) is 19.3 Å². The molecular formula is C13H18N2O. The van der Waals surface area contributed by atoms with E-state index in [2.05, 4.69) is 36.5 Å². The molecule has 1 aromatic carbocycles. The van der Waals surface area contributed by atoms with Crippen LogP contribution in [0, 0.1) is 5.92 Å². The van der Waals surface area contributed by atoms with E-state index in [1.807, 2.05) is 0 Å². The maximum atomic E-state index is 11.3. The van der Waals surface area contributed by atoms with Crippen LogP contribution in [0.25, 0.3) is 0 Å². The number of hydrogen-bond donors (Lipinski definition) is 2. The van der Waals surface area contributed by atoms with Crippen LogP contribution in [0.15, 0.2) is 24.3 Å². The second kappa shape index (κ2) is 4.66. The predicted molar refractivity (Wildman–Crippen MR) is 64.1 cm³/mol. The SMILES string of the molecule is CCc1ccc(C2CNCC2C(N)=O)cc1. The number of carbonyl (C=O) groups is 1. The molecule has 0 spiro atoms. The molecule has 0 saturated carbocycles. The number of carbonyl (C=O) groups excluding carboxylic acids is 1. The Morgan fingerprint density at radius 2 is 2.06 bits per heavy atom. The molecule has 1 amide bonds. The van der Waals surface area contributed by atoms with E-state index in [0.717, 1.165) is 13.0 Å². The van der Waals surface area contributed by atoms with Gasteiger partial charge in [0.05, 0.1) is 5.92 Å². The van der Waals surface area contributed by atoms with E-state index in [1.54, 1.807) is 0 Å². The summed E-state index contributed by atoms with van der Waals surface area (Å²) in [6, 6.07) is 8.50. The summed E-state index contributed by atoms with van der Waals surface area (Å²) in [4.78, 5) is 11.3. The van der Waals surface area contributed by atoms with Crippen molar-refractivity contribution in [2.75, 3.05) is 13.1 Å². The topological polar surface area (TPSA) is 55.1 Å². The Morgan fingerprint density at radius 3 is 2.62 bits per heavy atom. The van der Waals surface area contributed by atoms with Crippen LogP contribution in [-0.4, -0.2) is 19.0 Å². The third-order valence-electron chi connectivity index (χ3n) is 3.40. The number of benzene rings is 1. The van der Waals surface area contributed by atoms with Crippen LogP contribution < -0.4 is 11.1 Å². The van der Waals surface area contributed by atoms with Crippen molar-refractivity contribution >= 4 is 5.91 Å². The zero-order valence-corrected chi connectivity index (χ0v) is 9.57. The average Bonchev–Trinajstić information content (AvgIpc) is 2.78. The Labute approximate surface area is 96.0 Å². The highest BCUT2D eigenvalue weighted by Crippen LogP contribution is 2.28. The van der Waals surface area contributed by atoms with E-state index in [9.17, 15) is 4.79 Å². The van der Waals surface area contributed by atoms with Crippen LogP contribution in [0.4, 0.5) is 0 Å². The molecule has 1 fully saturated rings. The number of nitrogens with two attached hydrogens (primary N) is 1. The predicted octanol–water partition coefficient (Wildman–Crippen LogP) is 1.04. The molecule has 3 N–H and O–H groups in total. The first-order valence-corrected chi connectivity index (χ1v) is 5.81. The molecule has 1 aromatic rings. The molecule has 2 unspecified atom stereocenters. The van der Waals surface area contributed by atoms with Gasteiger partial charge >= 0.3 is 0 Å². The van der Waals surface area contributed by atoms with E-state index >= 15 is 0 Å². The molecule has 3 heteroatoms. The summed E-state index contributed by atoms with van der Waals surface area (Å²) in [6.07, 6.45) is 1.04. The van der Waals surface area contributed by atoms with Crippen LogP contribution in [0.1, 0.15) is 24.0 Å². The lowest BCUT2D eigenvalue weighted by molar-refractivity contribution is -0.121. The Kier molecular flexibility index (Phi) is 3.25. The Balaban J connectivity index is 2.19. The van der Waals surface area contributed by atoms with Gasteiger partial charge in [-0.1, -0.05) is 31.2 Å². The number of amides is 1. The molecule has 16 heavy (non-hydrogen) atoms. The molecule has 1 aliphatic rings. The summed E-state index contributed by atoms with van der Waals surface area (Å²) in [6.45, 7) is 3.69. The molecule has 3 nitrogen and oxygen atoms in total. The summed E-state index contributed by atoms with van der Waals surface area (Å²) in [5, 5.41) is 3.23. The van der Waals surface area contributed by atoms with Crippen LogP contribution >= 0.6 is 0 Å². The summed E-state index contributed by atoms with van der Waals surface area (Å²) in [5.41, 5.74) is 7.94.